The fourth-order valence-corrected chi connectivity index (χ4v) is 4.16. The molecule has 164 valence electrons. The molecule has 0 saturated carbocycles. The number of ether oxygens (including phenoxy) is 1. The second-order valence-electron chi connectivity index (χ2n) is 7.81. The fourth-order valence-electron chi connectivity index (χ4n) is 4.16. The summed E-state index contributed by atoms with van der Waals surface area (Å²) in [6.07, 6.45) is -1.81. The molecule has 1 aliphatic heterocycles. The molecule has 0 aliphatic carbocycles. The number of tetrazole rings is 1. The van der Waals surface area contributed by atoms with Gasteiger partial charge in [0.15, 0.2) is 0 Å². The first-order valence-corrected chi connectivity index (χ1v) is 10.3. The monoisotopic (exact) mass is 431 g/mol. The van der Waals surface area contributed by atoms with E-state index in [0.717, 1.165) is 49.0 Å². The van der Waals surface area contributed by atoms with Crippen molar-refractivity contribution in [3.05, 3.63) is 59.7 Å². The van der Waals surface area contributed by atoms with Crippen LogP contribution in [0.25, 0.3) is 11.4 Å². The number of benzene rings is 2. The van der Waals surface area contributed by atoms with Gasteiger partial charge in [-0.3, -0.25) is 0 Å². The van der Waals surface area contributed by atoms with Crippen LogP contribution >= 0.6 is 0 Å². The minimum Gasteiger partial charge on any atom is -0.406 e. The number of aromatic nitrogens is 4. The number of nitrogens with zero attached hydrogens (tertiary/aromatic N) is 4. The van der Waals surface area contributed by atoms with Crippen LogP contribution < -0.4 is 10.1 Å². The molecule has 6 nitrogen and oxygen atoms in total. The van der Waals surface area contributed by atoms with Crippen molar-refractivity contribution in [1.29, 1.82) is 0 Å². The van der Waals surface area contributed by atoms with E-state index in [1.165, 1.54) is 16.9 Å². The van der Waals surface area contributed by atoms with Crippen molar-refractivity contribution < 1.29 is 17.9 Å². The van der Waals surface area contributed by atoms with Crippen LogP contribution in [-0.2, 0) is 13.5 Å². The predicted molar refractivity (Wildman–Crippen MR) is 109 cm³/mol. The van der Waals surface area contributed by atoms with Crippen molar-refractivity contribution in [3.63, 3.8) is 0 Å². The van der Waals surface area contributed by atoms with E-state index >= 15 is 0 Å². The van der Waals surface area contributed by atoms with Gasteiger partial charge in [-0.15, -0.1) is 23.4 Å². The normalized spacial score (nSPS) is 16.3. The zero-order valence-corrected chi connectivity index (χ0v) is 17.1. The molecule has 4 rings (SSSR count). The number of hydrogen-bond donors (Lipinski definition) is 1. The molecule has 2 aromatic carbocycles. The molecule has 1 aromatic heterocycles. The SMILES string of the molecule is Cn1nnc(-c2ccc(CC(c3ccc(OC(F)(F)F)cc3)C3CCNCC3)cc2)n1. The van der Waals surface area contributed by atoms with Crippen LogP contribution in [0.15, 0.2) is 48.5 Å². The van der Waals surface area contributed by atoms with Gasteiger partial charge in [0.05, 0.1) is 7.05 Å². The maximum atomic E-state index is 12.5. The summed E-state index contributed by atoms with van der Waals surface area (Å²) in [6, 6.07) is 14.4. The van der Waals surface area contributed by atoms with Gasteiger partial charge >= 0.3 is 6.36 Å². The Labute approximate surface area is 178 Å². The molecule has 1 atom stereocenters. The van der Waals surface area contributed by atoms with E-state index in [1.807, 2.05) is 12.1 Å². The van der Waals surface area contributed by atoms with Crippen LogP contribution in [-0.4, -0.2) is 39.7 Å². The quantitative estimate of drug-likeness (QED) is 0.637. The molecule has 1 aliphatic rings. The summed E-state index contributed by atoms with van der Waals surface area (Å²) < 4.78 is 41.5. The van der Waals surface area contributed by atoms with E-state index in [0.29, 0.717) is 11.7 Å². The van der Waals surface area contributed by atoms with Gasteiger partial charge in [-0.25, -0.2) is 0 Å². The minimum absolute atomic E-state index is 0.193. The first kappa shape index (κ1) is 21.3. The molecule has 1 fully saturated rings. The molecule has 31 heavy (non-hydrogen) atoms. The second-order valence-corrected chi connectivity index (χ2v) is 7.81. The number of rotatable bonds is 6. The summed E-state index contributed by atoms with van der Waals surface area (Å²) in [5, 5.41) is 15.5. The largest absolute Gasteiger partial charge is 0.573 e. The van der Waals surface area contributed by atoms with Gasteiger partial charge in [-0.2, -0.15) is 4.80 Å². The van der Waals surface area contributed by atoms with E-state index in [1.54, 1.807) is 19.2 Å². The Morgan fingerprint density at radius 2 is 1.74 bits per heavy atom. The number of alkyl halides is 3. The Kier molecular flexibility index (Phi) is 6.22. The highest BCUT2D eigenvalue weighted by atomic mass is 19.4. The van der Waals surface area contributed by atoms with Gasteiger partial charge < -0.3 is 10.1 Å². The smallest absolute Gasteiger partial charge is 0.406 e. The molecule has 0 amide bonds. The minimum atomic E-state index is -4.68. The molecule has 0 spiro atoms. The fraction of sp³-hybridized carbons (Fsp3) is 0.409. The topological polar surface area (TPSA) is 64.9 Å². The van der Waals surface area contributed by atoms with E-state index in [-0.39, 0.29) is 11.7 Å². The summed E-state index contributed by atoms with van der Waals surface area (Å²) in [5.74, 6) is 1.05. The lowest BCUT2D eigenvalue weighted by atomic mass is 9.77. The second kappa shape index (κ2) is 9.05. The summed E-state index contributed by atoms with van der Waals surface area (Å²) in [5.41, 5.74) is 3.08. The lowest BCUT2D eigenvalue weighted by molar-refractivity contribution is -0.274. The zero-order chi connectivity index (χ0) is 21.8. The summed E-state index contributed by atoms with van der Waals surface area (Å²) in [4.78, 5) is 1.42. The highest BCUT2D eigenvalue weighted by Gasteiger charge is 2.31. The van der Waals surface area contributed by atoms with Crippen molar-refractivity contribution in [1.82, 2.24) is 25.5 Å². The molecular formula is C22H24F3N5O. The van der Waals surface area contributed by atoms with Crippen molar-refractivity contribution in [2.75, 3.05) is 13.1 Å². The molecule has 0 radical (unpaired) electrons. The standard InChI is InChI=1S/C22H24F3N5O/c1-30-28-21(27-29-30)18-4-2-15(3-5-18)14-20(17-10-12-26-13-11-17)16-6-8-19(9-7-16)31-22(23,24)25/h2-9,17,20,26H,10-14H2,1H3. The van der Waals surface area contributed by atoms with Crippen molar-refractivity contribution in [2.24, 2.45) is 13.0 Å². The Morgan fingerprint density at radius 3 is 2.32 bits per heavy atom. The summed E-state index contributed by atoms with van der Waals surface area (Å²) in [7, 11) is 1.72. The van der Waals surface area contributed by atoms with Crippen molar-refractivity contribution >= 4 is 0 Å². The van der Waals surface area contributed by atoms with E-state index < -0.39 is 6.36 Å². The first-order valence-electron chi connectivity index (χ1n) is 10.3. The summed E-state index contributed by atoms with van der Waals surface area (Å²) in [6.45, 7) is 1.90. The van der Waals surface area contributed by atoms with E-state index in [4.69, 9.17) is 0 Å². The van der Waals surface area contributed by atoms with E-state index in [9.17, 15) is 13.2 Å². The lowest BCUT2D eigenvalue weighted by Gasteiger charge is -2.31. The van der Waals surface area contributed by atoms with Gasteiger partial charge in [0, 0.05) is 5.56 Å². The average molecular weight is 431 g/mol. The van der Waals surface area contributed by atoms with E-state index in [2.05, 4.69) is 37.6 Å². The molecule has 0 bridgehead atoms. The maximum absolute atomic E-state index is 12.5. The van der Waals surface area contributed by atoms with Crippen molar-refractivity contribution in [2.45, 2.75) is 31.5 Å². The third-order valence-electron chi connectivity index (χ3n) is 5.67. The summed E-state index contributed by atoms with van der Waals surface area (Å²) >= 11 is 0. The van der Waals surface area contributed by atoms with Crippen LogP contribution in [0.3, 0.4) is 0 Å². The third-order valence-corrected chi connectivity index (χ3v) is 5.67. The molecule has 2 heterocycles. The molecule has 1 unspecified atom stereocenters. The number of aryl methyl sites for hydroxylation is 1. The Balaban J connectivity index is 1.54. The van der Waals surface area contributed by atoms with Crippen LogP contribution in [0.4, 0.5) is 13.2 Å². The van der Waals surface area contributed by atoms with Crippen LogP contribution in [0.1, 0.15) is 29.9 Å². The predicted octanol–water partition coefficient (Wildman–Crippen LogP) is 4.10. The molecule has 3 aromatic rings. The molecule has 1 saturated heterocycles. The Hall–Kier alpha value is -2.94. The van der Waals surface area contributed by atoms with Gasteiger partial charge in [-0.1, -0.05) is 36.4 Å². The van der Waals surface area contributed by atoms with Crippen molar-refractivity contribution in [3.8, 4) is 17.1 Å². The average Bonchev–Trinajstić information content (AvgIpc) is 3.19. The zero-order valence-electron chi connectivity index (χ0n) is 17.1. The number of halogens is 3. The number of hydrogen-bond acceptors (Lipinski definition) is 5. The van der Waals surface area contributed by atoms with Gasteiger partial charge in [0.2, 0.25) is 5.82 Å². The molecule has 9 heteroatoms. The van der Waals surface area contributed by atoms with Crippen LogP contribution in [0.2, 0.25) is 0 Å². The first-order chi connectivity index (χ1) is 14.9. The van der Waals surface area contributed by atoms with Gasteiger partial charge in [0.1, 0.15) is 5.75 Å². The maximum Gasteiger partial charge on any atom is 0.573 e. The lowest BCUT2D eigenvalue weighted by Crippen LogP contribution is -2.31. The van der Waals surface area contributed by atoms with Crippen LogP contribution in [0, 0.1) is 5.92 Å². The van der Waals surface area contributed by atoms with Crippen LogP contribution in [0.5, 0.6) is 5.75 Å². The van der Waals surface area contributed by atoms with Gasteiger partial charge in [-0.05, 0) is 72.7 Å². The highest BCUT2D eigenvalue weighted by Crippen LogP contribution is 2.35. The molecule has 1 N–H and O–H groups in total. The third kappa shape index (κ3) is 5.61. The number of nitrogens with one attached hydrogen (secondary N) is 1. The Bertz CT molecular complexity index is 980. The number of piperidine rings is 1. The molecular weight excluding hydrogens is 407 g/mol. The Morgan fingerprint density at radius 1 is 1.06 bits per heavy atom. The highest BCUT2D eigenvalue weighted by molar-refractivity contribution is 5.54. The van der Waals surface area contributed by atoms with Gasteiger partial charge in [0.25, 0.3) is 0 Å².